The van der Waals surface area contributed by atoms with E-state index in [9.17, 15) is 14.7 Å². The van der Waals surface area contributed by atoms with Crippen LogP contribution in [0.15, 0.2) is 29.3 Å². The highest BCUT2D eigenvalue weighted by Gasteiger charge is 2.18. The fourth-order valence-electron chi connectivity index (χ4n) is 2.61. The van der Waals surface area contributed by atoms with Crippen molar-refractivity contribution in [3.63, 3.8) is 0 Å². The van der Waals surface area contributed by atoms with Gasteiger partial charge in [0.2, 0.25) is 11.9 Å². The highest BCUT2D eigenvalue weighted by atomic mass is 16.5. The summed E-state index contributed by atoms with van der Waals surface area (Å²) in [4.78, 5) is 37.2. The molecule has 27 heavy (non-hydrogen) atoms. The summed E-state index contributed by atoms with van der Waals surface area (Å²) >= 11 is 0. The number of phenolic OH excluding ortho intramolecular Hbond substituents is 1. The zero-order valence-electron chi connectivity index (χ0n) is 14.8. The maximum absolute atomic E-state index is 12.9. The average Bonchev–Trinajstić information content (AvgIpc) is 2.65. The molecule has 0 saturated carbocycles. The zero-order chi connectivity index (χ0) is 19.6. The Balaban J connectivity index is 2.14. The number of nitrogen functional groups attached to an aromatic ring is 1. The standard InChI is InChI=1S/C17H18N6O4/c1-3-6-23-15(26)10-4-5-11(24)13(27-2)12(10)21-17(23)22-14(25)9-7-19-16(18)20-8-9/h4-5,7-8,24H,3,6H2,1-2H3,(H2,18,19,20)(H,21,22,25). The first-order valence-electron chi connectivity index (χ1n) is 8.15. The fraction of sp³-hybridized carbons (Fsp3) is 0.235. The summed E-state index contributed by atoms with van der Waals surface area (Å²) in [6.45, 7) is 2.24. The van der Waals surface area contributed by atoms with E-state index in [-0.39, 0.29) is 45.4 Å². The lowest BCUT2D eigenvalue weighted by Crippen LogP contribution is -2.27. The van der Waals surface area contributed by atoms with Gasteiger partial charge in [-0.2, -0.15) is 0 Å². The van der Waals surface area contributed by atoms with Gasteiger partial charge in [-0.15, -0.1) is 0 Å². The number of fused-ring (bicyclic) bond motifs is 1. The van der Waals surface area contributed by atoms with Gasteiger partial charge < -0.3 is 15.6 Å². The van der Waals surface area contributed by atoms with E-state index >= 15 is 0 Å². The molecule has 0 aliphatic heterocycles. The second kappa shape index (κ2) is 7.28. The first-order valence-corrected chi connectivity index (χ1v) is 8.15. The van der Waals surface area contributed by atoms with E-state index < -0.39 is 5.91 Å². The molecule has 1 aromatic carbocycles. The average molecular weight is 370 g/mol. The minimum absolute atomic E-state index is 0.0278. The van der Waals surface area contributed by atoms with Crippen molar-refractivity contribution in [2.45, 2.75) is 19.9 Å². The van der Waals surface area contributed by atoms with Crippen molar-refractivity contribution >= 4 is 28.7 Å². The van der Waals surface area contributed by atoms with E-state index in [0.29, 0.717) is 13.0 Å². The molecular formula is C17H18N6O4. The van der Waals surface area contributed by atoms with Gasteiger partial charge in [-0.3, -0.25) is 19.5 Å². The molecule has 0 radical (unpaired) electrons. The van der Waals surface area contributed by atoms with Gasteiger partial charge in [-0.05, 0) is 18.6 Å². The number of ether oxygens (including phenoxy) is 1. The monoisotopic (exact) mass is 370 g/mol. The first-order chi connectivity index (χ1) is 13.0. The predicted octanol–water partition coefficient (Wildman–Crippen LogP) is 1.15. The number of nitrogens with two attached hydrogens (primary N) is 1. The van der Waals surface area contributed by atoms with Crippen LogP contribution >= 0.6 is 0 Å². The number of benzene rings is 1. The van der Waals surface area contributed by atoms with Gasteiger partial charge in [0, 0.05) is 18.9 Å². The van der Waals surface area contributed by atoms with Crippen LogP contribution in [0.5, 0.6) is 11.5 Å². The second-order valence-electron chi connectivity index (χ2n) is 5.69. The van der Waals surface area contributed by atoms with E-state index in [1.165, 1.54) is 36.2 Å². The number of rotatable bonds is 5. The highest BCUT2D eigenvalue weighted by molar-refractivity contribution is 6.03. The number of anilines is 2. The Bertz CT molecular complexity index is 1060. The second-order valence-corrected chi connectivity index (χ2v) is 5.69. The number of methoxy groups -OCH3 is 1. The fourth-order valence-corrected chi connectivity index (χ4v) is 2.61. The number of nitrogens with one attached hydrogen (secondary N) is 1. The number of nitrogens with zero attached hydrogens (tertiary/aromatic N) is 4. The number of carbonyl (C=O) groups excluding carboxylic acids is 1. The first kappa shape index (κ1) is 18.1. The SMILES string of the molecule is CCCn1c(NC(=O)c2cnc(N)nc2)nc2c(OC)c(O)ccc2c1=O. The van der Waals surface area contributed by atoms with Crippen molar-refractivity contribution in [3.05, 3.63) is 40.4 Å². The van der Waals surface area contributed by atoms with Gasteiger partial charge in [0.1, 0.15) is 5.52 Å². The highest BCUT2D eigenvalue weighted by Crippen LogP contribution is 2.32. The number of hydrogen-bond donors (Lipinski definition) is 3. The Morgan fingerprint density at radius 1 is 1.33 bits per heavy atom. The van der Waals surface area contributed by atoms with E-state index in [0.717, 1.165) is 0 Å². The van der Waals surface area contributed by atoms with E-state index in [2.05, 4.69) is 20.3 Å². The Morgan fingerprint density at radius 2 is 2.04 bits per heavy atom. The van der Waals surface area contributed by atoms with Crippen LogP contribution in [-0.2, 0) is 6.54 Å². The van der Waals surface area contributed by atoms with Gasteiger partial charge in [0.05, 0.1) is 18.1 Å². The molecule has 0 aliphatic carbocycles. The van der Waals surface area contributed by atoms with Crippen LogP contribution in [0, 0.1) is 0 Å². The van der Waals surface area contributed by atoms with Crippen LogP contribution < -0.4 is 21.3 Å². The van der Waals surface area contributed by atoms with Gasteiger partial charge in [-0.25, -0.2) is 15.0 Å². The van der Waals surface area contributed by atoms with Crippen LogP contribution in [0.1, 0.15) is 23.7 Å². The lowest BCUT2D eigenvalue weighted by molar-refractivity contribution is 0.102. The Kier molecular flexibility index (Phi) is 4.88. The summed E-state index contributed by atoms with van der Waals surface area (Å²) in [6.07, 6.45) is 3.19. The molecule has 3 aromatic rings. The third-order valence-electron chi connectivity index (χ3n) is 3.87. The third kappa shape index (κ3) is 3.36. The van der Waals surface area contributed by atoms with Crippen LogP contribution in [-0.4, -0.2) is 37.6 Å². The Morgan fingerprint density at radius 3 is 2.67 bits per heavy atom. The molecule has 10 nitrogen and oxygen atoms in total. The topological polar surface area (TPSA) is 145 Å². The minimum Gasteiger partial charge on any atom is -0.504 e. The lowest BCUT2D eigenvalue weighted by Gasteiger charge is -2.15. The van der Waals surface area contributed by atoms with E-state index in [1.54, 1.807) is 0 Å². The summed E-state index contributed by atoms with van der Waals surface area (Å²) in [5.74, 6) is -0.585. The van der Waals surface area contributed by atoms with Crippen molar-refractivity contribution in [2.75, 3.05) is 18.2 Å². The van der Waals surface area contributed by atoms with Gasteiger partial charge in [0.25, 0.3) is 11.5 Å². The molecule has 3 rings (SSSR count). The van der Waals surface area contributed by atoms with Crippen molar-refractivity contribution in [1.29, 1.82) is 0 Å². The molecule has 1 amide bonds. The number of hydrogen-bond acceptors (Lipinski definition) is 8. The number of amides is 1. The number of carbonyl (C=O) groups is 1. The zero-order valence-corrected chi connectivity index (χ0v) is 14.8. The van der Waals surface area contributed by atoms with E-state index in [4.69, 9.17) is 10.5 Å². The van der Waals surface area contributed by atoms with Crippen molar-refractivity contribution in [1.82, 2.24) is 19.5 Å². The summed E-state index contributed by atoms with van der Waals surface area (Å²) < 4.78 is 6.52. The normalized spacial score (nSPS) is 10.7. The molecule has 0 bridgehead atoms. The Labute approximate surface area is 153 Å². The van der Waals surface area contributed by atoms with E-state index in [1.807, 2.05) is 6.92 Å². The van der Waals surface area contributed by atoms with Crippen LogP contribution in [0.3, 0.4) is 0 Å². The van der Waals surface area contributed by atoms with Crippen molar-refractivity contribution < 1.29 is 14.6 Å². The van der Waals surface area contributed by atoms with Crippen LogP contribution in [0.25, 0.3) is 10.9 Å². The van der Waals surface area contributed by atoms with Gasteiger partial charge in [0.15, 0.2) is 11.5 Å². The van der Waals surface area contributed by atoms with Gasteiger partial charge in [-0.1, -0.05) is 6.92 Å². The van der Waals surface area contributed by atoms with Crippen LogP contribution in [0.2, 0.25) is 0 Å². The molecular weight excluding hydrogens is 352 g/mol. The molecule has 0 fully saturated rings. The molecule has 0 aliphatic rings. The quantitative estimate of drug-likeness (QED) is 0.606. The largest absolute Gasteiger partial charge is 0.504 e. The number of aromatic hydroxyl groups is 1. The molecule has 0 saturated heterocycles. The van der Waals surface area contributed by atoms with Crippen molar-refractivity contribution in [3.8, 4) is 11.5 Å². The Hall–Kier alpha value is -3.69. The molecule has 140 valence electrons. The summed E-state index contributed by atoms with van der Waals surface area (Å²) in [6, 6.07) is 2.83. The molecule has 10 heteroatoms. The molecule has 2 heterocycles. The minimum atomic E-state index is -0.551. The lowest BCUT2D eigenvalue weighted by atomic mass is 10.2. The summed E-state index contributed by atoms with van der Waals surface area (Å²) in [5.41, 5.74) is 5.37. The smallest absolute Gasteiger partial charge is 0.262 e. The molecule has 0 unspecified atom stereocenters. The molecule has 0 atom stereocenters. The van der Waals surface area contributed by atoms with Gasteiger partial charge >= 0.3 is 0 Å². The number of phenols is 1. The molecule has 0 spiro atoms. The maximum atomic E-state index is 12.9. The predicted molar refractivity (Wildman–Crippen MR) is 98.9 cm³/mol. The maximum Gasteiger partial charge on any atom is 0.262 e. The van der Waals surface area contributed by atoms with Crippen molar-refractivity contribution in [2.24, 2.45) is 0 Å². The molecule has 2 aromatic heterocycles. The number of aromatic nitrogens is 4. The summed E-state index contributed by atoms with van der Waals surface area (Å²) in [5, 5.41) is 12.8. The van der Waals surface area contributed by atoms with Crippen LogP contribution in [0.4, 0.5) is 11.9 Å². The third-order valence-corrected chi connectivity index (χ3v) is 3.87. The molecule has 4 N–H and O–H groups in total. The summed E-state index contributed by atoms with van der Waals surface area (Å²) in [7, 11) is 1.36.